The maximum absolute atomic E-state index is 13.4. The smallest absolute Gasteiger partial charge is 0.235 e. The first kappa shape index (κ1) is 21.3. The summed E-state index contributed by atoms with van der Waals surface area (Å²) < 4.78 is 20.9. The van der Waals surface area contributed by atoms with E-state index < -0.39 is 0 Å². The van der Waals surface area contributed by atoms with Gasteiger partial charge in [-0.15, -0.1) is 10.2 Å². The third kappa shape index (κ3) is 5.01. The predicted molar refractivity (Wildman–Crippen MR) is 114 cm³/mol. The summed E-state index contributed by atoms with van der Waals surface area (Å²) in [4.78, 5) is 17.1. The summed E-state index contributed by atoms with van der Waals surface area (Å²) >= 11 is 1.45. The molecular weight excluding hydrogens is 405 g/mol. The van der Waals surface area contributed by atoms with Gasteiger partial charge in [0.25, 0.3) is 0 Å². The van der Waals surface area contributed by atoms with Gasteiger partial charge in [-0.3, -0.25) is 9.69 Å². The molecule has 0 aliphatic carbocycles. The molecule has 4 rings (SSSR count). The largest absolute Gasteiger partial charge is 0.379 e. The highest BCUT2D eigenvalue weighted by atomic mass is 32.2. The van der Waals surface area contributed by atoms with Crippen LogP contribution in [0.4, 0.5) is 4.39 Å². The molecule has 0 saturated carbocycles. The van der Waals surface area contributed by atoms with Gasteiger partial charge in [0, 0.05) is 44.8 Å². The Morgan fingerprint density at radius 3 is 2.50 bits per heavy atom. The van der Waals surface area contributed by atoms with E-state index in [1.165, 1.54) is 23.9 Å². The van der Waals surface area contributed by atoms with Crippen molar-refractivity contribution in [2.45, 2.75) is 36.7 Å². The number of benzene rings is 1. The summed E-state index contributed by atoms with van der Waals surface area (Å²) in [6.07, 6.45) is 2.15. The molecule has 2 aliphatic rings. The van der Waals surface area contributed by atoms with Crippen LogP contribution in [-0.2, 0) is 16.1 Å². The van der Waals surface area contributed by atoms with Gasteiger partial charge in [0.15, 0.2) is 11.0 Å². The van der Waals surface area contributed by atoms with Crippen LogP contribution in [-0.4, -0.2) is 81.7 Å². The highest BCUT2D eigenvalue weighted by molar-refractivity contribution is 8.00. The minimum absolute atomic E-state index is 0.156. The number of carbonyl (C=O) groups excluding carboxylic acids is 1. The number of hydrogen-bond acceptors (Lipinski definition) is 6. The second kappa shape index (κ2) is 9.89. The topological polar surface area (TPSA) is 63.5 Å². The molecule has 2 aliphatic heterocycles. The Bertz CT molecular complexity index is 848. The van der Waals surface area contributed by atoms with Crippen LogP contribution in [0.15, 0.2) is 29.4 Å². The summed E-state index contributed by atoms with van der Waals surface area (Å²) in [5, 5.41) is 9.29. The molecule has 0 spiro atoms. The summed E-state index contributed by atoms with van der Waals surface area (Å²) in [5.41, 5.74) is 0.816. The first-order valence-electron chi connectivity index (χ1n) is 10.6. The number of halogens is 1. The lowest BCUT2D eigenvalue weighted by Gasteiger charge is -2.27. The van der Waals surface area contributed by atoms with Crippen LogP contribution in [0.5, 0.6) is 0 Å². The van der Waals surface area contributed by atoms with Crippen LogP contribution in [0.2, 0.25) is 0 Å². The van der Waals surface area contributed by atoms with Crippen LogP contribution < -0.4 is 0 Å². The SMILES string of the molecule is CC(Sc1nnc(-c2ccc(F)cc2)n1CCN1CCOCC1)C(=O)N1CCCC1. The molecular formula is C21H28FN5O2S. The number of likely N-dealkylation sites (tertiary alicyclic amines) is 1. The van der Waals surface area contributed by atoms with E-state index in [0.717, 1.165) is 69.5 Å². The molecule has 1 aromatic heterocycles. The van der Waals surface area contributed by atoms with Crippen molar-refractivity contribution in [2.24, 2.45) is 0 Å². The maximum Gasteiger partial charge on any atom is 0.235 e. The van der Waals surface area contributed by atoms with Gasteiger partial charge in [-0.25, -0.2) is 4.39 Å². The predicted octanol–water partition coefficient (Wildman–Crippen LogP) is 2.52. The fourth-order valence-corrected chi connectivity index (χ4v) is 4.82. The van der Waals surface area contributed by atoms with Crippen LogP contribution in [0.3, 0.4) is 0 Å². The van der Waals surface area contributed by atoms with Crippen molar-refractivity contribution in [3.63, 3.8) is 0 Å². The Labute approximate surface area is 180 Å². The maximum atomic E-state index is 13.4. The van der Waals surface area contributed by atoms with E-state index in [2.05, 4.69) is 19.7 Å². The molecule has 9 heteroatoms. The minimum atomic E-state index is -0.280. The highest BCUT2D eigenvalue weighted by Gasteiger charge is 2.26. The van der Waals surface area contributed by atoms with Crippen molar-refractivity contribution in [3.8, 4) is 11.4 Å². The standard InChI is InChI=1S/C21H28FN5O2S/c1-16(20(28)26-8-2-3-9-26)30-21-24-23-19(17-4-6-18(22)7-5-17)27(21)11-10-25-12-14-29-15-13-25/h4-7,16H,2-3,8-15H2,1H3. The van der Waals surface area contributed by atoms with E-state index in [9.17, 15) is 9.18 Å². The number of nitrogens with zero attached hydrogens (tertiary/aromatic N) is 5. The van der Waals surface area contributed by atoms with Crippen LogP contribution >= 0.6 is 11.8 Å². The van der Waals surface area contributed by atoms with E-state index in [1.807, 2.05) is 11.8 Å². The van der Waals surface area contributed by atoms with Gasteiger partial charge in [0.2, 0.25) is 5.91 Å². The second-order valence-corrected chi connectivity index (χ2v) is 9.02. The molecule has 1 amide bonds. The monoisotopic (exact) mass is 433 g/mol. The average molecular weight is 434 g/mol. The Hall–Kier alpha value is -1.97. The van der Waals surface area contributed by atoms with Gasteiger partial charge < -0.3 is 14.2 Å². The molecule has 3 heterocycles. The molecule has 0 radical (unpaired) electrons. The number of morpholine rings is 1. The average Bonchev–Trinajstić information content (AvgIpc) is 3.43. The summed E-state index contributed by atoms with van der Waals surface area (Å²) in [6, 6.07) is 6.31. The fraction of sp³-hybridized carbons (Fsp3) is 0.571. The molecule has 0 N–H and O–H groups in total. The van der Waals surface area contributed by atoms with Crippen molar-refractivity contribution < 1.29 is 13.9 Å². The van der Waals surface area contributed by atoms with E-state index in [0.29, 0.717) is 12.4 Å². The molecule has 7 nitrogen and oxygen atoms in total. The van der Waals surface area contributed by atoms with Gasteiger partial charge in [-0.05, 0) is 44.0 Å². The number of carbonyl (C=O) groups is 1. The second-order valence-electron chi connectivity index (χ2n) is 7.71. The Balaban J connectivity index is 1.53. The molecule has 2 aromatic rings. The van der Waals surface area contributed by atoms with E-state index in [-0.39, 0.29) is 17.0 Å². The van der Waals surface area contributed by atoms with Crippen LogP contribution in [0, 0.1) is 5.82 Å². The van der Waals surface area contributed by atoms with Gasteiger partial charge in [-0.1, -0.05) is 11.8 Å². The summed E-state index contributed by atoms with van der Waals surface area (Å²) in [7, 11) is 0. The number of hydrogen-bond donors (Lipinski definition) is 0. The van der Waals surface area contributed by atoms with Crippen LogP contribution in [0.1, 0.15) is 19.8 Å². The normalized spacial score (nSPS) is 18.7. The molecule has 162 valence electrons. The Morgan fingerprint density at radius 2 is 1.80 bits per heavy atom. The number of amides is 1. The zero-order chi connectivity index (χ0) is 20.9. The molecule has 1 atom stereocenters. The zero-order valence-corrected chi connectivity index (χ0v) is 18.1. The molecule has 1 unspecified atom stereocenters. The summed E-state index contributed by atoms with van der Waals surface area (Å²) in [5.74, 6) is 0.577. The van der Waals surface area contributed by atoms with E-state index >= 15 is 0 Å². The third-order valence-corrected chi connectivity index (χ3v) is 6.68. The van der Waals surface area contributed by atoms with Crippen LogP contribution in [0.25, 0.3) is 11.4 Å². The number of ether oxygens (including phenoxy) is 1. The molecule has 2 fully saturated rings. The molecule has 2 saturated heterocycles. The summed E-state index contributed by atoms with van der Waals surface area (Å²) in [6.45, 7) is 8.46. The van der Waals surface area contributed by atoms with Crippen molar-refractivity contribution in [2.75, 3.05) is 45.9 Å². The first-order valence-corrected chi connectivity index (χ1v) is 11.4. The lowest BCUT2D eigenvalue weighted by Crippen LogP contribution is -2.38. The number of rotatable bonds is 7. The zero-order valence-electron chi connectivity index (χ0n) is 17.3. The van der Waals surface area contributed by atoms with Crippen molar-refractivity contribution >= 4 is 17.7 Å². The molecule has 1 aromatic carbocycles. The quantitative estimate of drug-likeness (QED) is 0.626. The van der Waals surface area contributed by atoms with Gasteiger partial charge in [0.05, 0.1) is 18.5 Å². The first-order chi connectivity index (χ1) is 14.6. The lowest BCUT2D eigenvalue weighted by atomic mass is 10.2. The van der Waals surface area contributed by atoms with Crippen molar-refractivity contribution in [1.82, 2.24) is 24.6 Å². The lowest BCUT2D eigenvalue weighted by molar-refractivity contribution is -0.129. The van der Waals surface area contributed by atoms with Crippen molar-refractivity contribution in [1.29, 1.82) is 0 Å². The van der Waals surface area contributed by atoms with E-state index in [4.69, 9.17) is 4.74 Å². The Kier molecular flexibility index (Phi) is 7.01. The van der Waals surface area contributed by atoms with Crippen molar-refractivity contribution in [3.05, 3.63) is 30.1 Å². The van der Waals surface area contributed by atoms with Gasteiger partial charge in [0.1, 0.15) is 5.82 Å². The molecule has 0 bridgehead atoms. The third-order valence-electron chi connectivity index (χ3n) is 5.61. The number of thioether (sulfide) groups is 1. The van der Waals surface area contributed by atoms with E-state index in [1.54, 1.807) is 12.1 Å². The minimum Gasteiger partial charge on any atom is -0.379 e. The van der Waals surface area contributed by atoms with Gasteiger partial charge >= 0.3 is 0 Å². The highest BCUT2D eigenvalue weighted by Crippen LogP contribution is 2.28. The fourth-order valence-electron chi connectivity index (χ4n) is 3.86. The Morgan fingerprint density at radius 1 is 1.10 bits per heavy atom. The van der Waals surface area contributed by atoms with Gasteiger partial charge in [-0.2, -0.15) is 0 Å². The molecule has 30 heavy (non-hydrogen) atoms. The number of aromatic nitrogens is 3.